The fourth-order valence-corrected chi connectivity index (χ4v) is 1.60. The monoisotopic (exact) mass is 280 g/mol. The molecule has 1 aromatic rings. The summed E-state index contributed by atoms with van der Waals surface area (Å²) in [7, 11) is 0. The zero-order valence-corrected chi connectivity index (χ0v) is 11.0. The van der Waals surface area contributed by atoms with Crippen LogP contribution in [-0.4, -0.2) is 34.7 Å². The molecule has 0 spiro atoms. The molecule has 6 nitrogen and oxygen atoms in total. The summed E-state index contributed by atoms with van der Waals surface area (Å²) in [6.45, 7) is 1.06. The Kier molecular flexibility index (Phi) is 5.25. The van der Waals surface area contributed by atoms with Crippen molar-refractivity contribution < 1.29 is 29.3 Å². The van der Waals surface area contributed by atoms with E-state index in [-0.39, 0.29) is 6.61 Å². The van der Waals surface area contributed by atoms with Gasteiger partial charge in [-0.3, -0.25) is 14.4 Å². The van der Waals surface area contributed by atoms with Crippen LogP contribution in [0.3, 0.4) is 0 Å². The summed E-state index contributed by atoms with van der Waals surface area (Å²) >= 11 is 0. The first-order chi connectivity index (χ1) is 9.36. The predicted molar refractivity (Wildman–Crippen MR) is 69.1 cm³/mol. The zero-order valence-electron chi connectivity index (χ0n) is 11.0. The van der Waals surface area contributed by atoms with Gasteiger partial charge in [0, 0.05) is 6.42 Å². The molecule has 0 heterocycles. The molecule has 1 rings (SSSR count). The van der Waals surface area contributed by atoms with Gasteiger partial charge in [-0.2, -0.15) is 0 Å². The van der Waals surface area contributed by atoms with E-state index >= 15 is 0 Å². The second-order valence-electron chi connectivity index (χ2n) is 4.58. The molecule has 1 aromatic carbocycles. The number of benzene rings is 1. The van der Waals surface area contributed by atoms with E-state index in [1.54, 1.807) is 0 Å². The van der Waals surface area contributed by atoms with Gasteiger partial charge in [0.2, 0.25) is 0 Å². The molecular formula is C14H16O6. The molecule has 20 heavy (non-hydrogen) atoms. The molecule has 0 amide bonds. The van der Waals surface area contributed by atoms with Crippen molar-refractivity contribution in [2.75, 3.05) is 6.61 Å². The zero-order chi connectivity index (χ0) is 15.2. The summed E-state index contributed by atoms with van der Waals surface area (Å²) in [5.41, 5.74) is -1.13. The number of hydrogen-bond acceptors (Lipinski definition) is 4. The highest BCUT2D eigenvalue weighted by Gasteiger charge is 2.45. The van der Waals surface area contributed by atoms with E-state index in [0.29, 0.717) is 6.42 Å². The first-order valence-corrected chi connectivity index (χ1v) is 6.02. The summed E-state index contributed by atoms with van der Waals surface area (Å²) in [6, 6.07) is 9.22. The lowest BCUT2D eigenvalue weighted by molar-refractivity contribution is -0.171. The van der Waals surface area contributed by atoms with Gasteiger partial charge in [-0.05, 0) is 12.5 Å². The van der Waals surface area contributed by atoms with Crippen molar-refractivity contribution >= 4 is 17.9 Å². The van der Waals surface area contributed by atoms with Gasteiger partial charge >= 0.3 is 17.9 Å². The minimum absolute atomic E-state index is 0.00529. The maximum absolute atomic E-state index is 11.8. The molecule has 0 radical (unpaired) electrons. The number of rotatable bonds is 7. The highest BCUT2D eigenvalue weighted by atomic mass is 16.5. The van der Waals surface area contributed by atoms with Crippen molar-refractivity contribution in [3.8, 4) is 0 Å². The lowest BCUT2D eigenvalue weighted by atomic mass is 9.87. The van der Waals surface area contributed by atoms with Gasteiger partial charge in [-0.15, -0.1) is 0 Å². The molecule has 0 aliphatic carbocycles. The molecule has 6 heteroatoms. The Hall–Kier alpha value is -2.37. The number of ether oxygens (including phenoxy) is 1. The minimum Gasteiger partial charge on any atom is -0.481 e. The molecule has 2 N–H and O–H groups in total. The number of carbonyl (C=O) groups is 3. The molecule has 0 saturated carbocycles. The summed E-state index contributed by atoms with van der Waals surface area (Å²) in [5, 5.41) is 17.7. The molecule has 0 saturated heterocycles. The molecule has 0 aliphatic heterocycles. The van der Waals surface area contributed by atoms with Gasteiger partial charge in [-0.1, -0.05) is 30.3 Å². The minimum atomic E-state index is -2.07. The molecule has 1 atom stereocenters. The number of carbonyl (C=O) groups excluding carboxylic acids is 1. The standard InChI is InChI=1S/C14H16O6/c1-14(12(17)18,9-11(15)16)13(19)20-8-7-10-5-3-2-4-6-10/h2-6H,7-9H2,1H3,(H,15,16)(H,17,18). The Morgan fingerprint density at radius 1 is 1.15 bits per heavy atom. The van der Waals surface area contributed by atoms with Gasteiger partial charge in [0.1, 0.15) is 0 Å². The van der Waals surface area contributed by atoms with Crippen LogP contribution in [0.5, 0.6) is 0 Å². The van der Waals surface area contributed by atoms with Crippen molar-refractivity contribution in [3.63, 3.8) is 0 Å². The highest BCUT2D eigenvalue weighted by Crippen LogP contribution is 2.24. The van der Waals surface area contributed by atoms with E-state index in [9.17, 15) is 14.4 Å². The van der Waals surface area contributed by atoms with Crippen LogP contribution in [0.2, 0.25) is 0 Å². The molecular weight excluding hydrogens is 264 g/mol. The predicted octanol–water partition coefficient (Wildman–Crippen LogP) is 1.34. The molecule has 0 aliphatic rings. The Morgan fingerprint density at radius 2 is 1.75 bits per heavy atom. The average Bonchev–Trinajstić information content (AvgIpc) is 2.38. The quantitative estimate of drug-likeness (QED) is 0.577. The van der Waals surface area contributed by atoms with E-state index in [2.05, 4.69) is 0 Å². The van der Waals surface area contributed by atoms with Gasteiger partial charge in [0.05, 0.1) is 13.0 Å². The summed E-state index contributed by atoms with van der Waals surface area (Å²) in [5.74, 6) is -3.91. The van der Waals surface area contributed by atoms with E-state index in [1.807, 2.05) is 30.3 Å². The van der Waals surface area contributed by atoms with Crippen LogP contribution in [0.4, 0.5) is 0 Å². The summed E-state index contributed by atoms with van der Waals surface area (Å²) in [6.07, 6.45) is -0.373. The smallest absolute Gasteiger partial charge is 0.323 e. The Balaban J connectivity index is 2.59. The average molecular weight is 280 g/mol. The second kappa shape index (κ2) is 6.70. The van der Waals surface area contributed by atoms with Crippen molar-refractivity contribution in [2.45, 2.75) is 19.8 Å². The van der Waals surface area contributed by atoms with Crippen molar-refractivity contribution in [3.05, 3.63) is 35.9 Å². The SMILES string of the molecule is CC(CC(=O)O)(C(=O)O)C(=O)OCCc1ccccc1. The summed E-state index contributed by atoms with van der Waals surface area (Å²) < 4.78 is 4.89. The normalized spacial score (nSPS) is 13.2. The number of esters is 1. The van der Waals surface area contributed by atoms with Crippen molar-refractivity contribution in [1.82, 2.24) is 0 Å². The lowest BCUT2D eigenvalue weighted by Crippen LogP contribution is -2.40. The third-order valence-electron chi connectivity index (χ3n) is 2.89. The number of hydrogen-bond donors (Lipinski definition) is 2. The van der Waals surface area contributed by atoms with Gasteiger partial charge in [0.15, 0.2) is 5.41 Å². The van der Waals surface area contributed by atoms with Crippen LogP contribution in [0.15, 0.2) is 30.3 Å². The van der Waals surface area contributed by atoms with E-state index in [0.717, 1.165) is 12.5 Å². The third-order valence-corrected chi connectivity index (χ3v) is 2.89. The summed E-state index contributed by atoms with van der Waals surface area (Å²) in [4.78, 5) is 33.5. The fraction of sp³-hybridized carbons (Fsp3) is 0.357. The first-order valence-electron chi connectivity index (χ1n) is 6.02. The molecule has 108 valence electrons. The number of carboxylic acid groups (broad SMARTS) is 2. The third kappa shape index (κ3) is 4.08. The Bertz CT molecular complexity index is 496. The molecule has 1 unspecified atom stereocenters. The van der Waals surface area contributed by atoms with Crippen LogP contribution in [0.25, 0.3) is 0 Å². The van der Waals surface area contributed by atoms with Crippen LogP contribution < -0.4 is 0 Å². The van der Waals surface area contributed by atoms with Crippen molar-refractivity contribution in [1.29, 1.82) is 0 Å². The van der Waals surface area contributed by atoms with Crippen LogP contribution in [-0.2, 0) is 25.5 Å². The first kappa shape index (κ1) is 15.7. The lowest BCUT2D eigenvalue weighted by Gasteiger charge is -2.20. The maximum Gasteiger partial charge on any atom is 0.323 e. The highest BCUT2D eigenvalue weighted by molar-refractivity contribution is 6.01. The fourth-order valence-electron chi connectivity index (χ4n) is 1.60. The maximum atomic E-state index is 11.8. The van der Waals surface area contributed by atoms with Gasteiger partial charge in [0.25, 0.3) is 0 Å². The molecule has 0 aromatic heterocycles. The van der Waals surface area contributed by atoms with Crippen LogP contribution in [0, 0.1) is 5.41 Å². The van der Waals surface area contributed by atoms with Crippen LogP contribution in [0.1, 0.15) is 18.9 Å². The van der Waals surface area contributed by atoms with Gasteiger partial charge < -0.3 is 14.9 Å². The Labute approximate surface area is 116 Å². The molecule has 0 bridgehead atoms. The van der Waals surface area contributed by atoms with Crippen LogP contribution >= 0.6 is 0 Å². The topological polar surface area (TPSA) is 101 Å². The number of aliphatic carboxylic acids is 2. The Morgan fingerprint density at radius 3 is 2.25 bits per heavy atom. The van der Waals surface area contributed by atoms with E-state index < -0.39 is 29.7 Å². The van der Waals surface area contributed by atoms with E-state index in [1.165, 1.54) is 0 Å². The second-order valence-corrected chi connectivity index (χ2v) is 4.58. The largest absolute Gasteiger partial charge is 0.481 e. The van der Waals surface area contributed by atoms with Gasteiger partial charge in [-0.25, -0.2) is 0 Å². The number of carboxylic acids is 2. The van der Waals surface area contributed by atoms with E-state index in [4.69, 9.17) is 14.9 Å². The molecule has 0 fully saturated rings. The van der Waals surface area contributed by atoms with Crippen molar-refractivity contribution in [2.24, 2.45) is 5.41 Å².